The van der Waals surface area contributed by atoms with E-state index in [0.717, 1.165) is 37.1 Å². The zero-order valence-corrected chi connectivity index (χ0v) is 18.1. The number of likely N-dealkylation sites (tertiary alicyclic amines) is 1. The SMILES string of the molecule is O=C(CN1C[C@@H]2C[C@](O)(Cc3ccccc3)C[C@@H]2C1)c1ccc(-c2cccc(F)c2)cc1. The fourth-order valence-electron chi connectivity index (χ4n) is 5.62. The molecular weight excluding hydrogens is 401 g/mol. The first-order valence-electron chi connectivity index (χ1n) is 11.4. The molecule has 1 N–H and O–H groups in total. The van der Waals surface area contributed by atoms with Gasteiger partial charge in [-0.1, -0.05) is 66.7 Å². The normalized spacial score (nSPS) is 25.1. The number of fused-ring (bicyclic) bond motifs is 1. The number of hydrogen-bond donors (Lipinski definition) is 1. The minimum atomic E-state index is -0.625. The predicted molar refractivity (Wildman–Crippen MR) is 124 cm³/mol. The molecule has 0 radical (unpaired) electrons. The van der Waals surface area contributed by atoms with Gasteiger partial charge in [0.1, 0.15) is 5.82 Å². The molecule has 32 heavy (non-hydrogen) atoms. The summed E-state index contributed by atoms with van der Waals surface area (Å²) in [4.78, 5) is 15.1. The average Bonchev–Trinajstić information content (AvgIpc) is 3.28. The molecule has 3 aromatic rings. The summed E-state index contributed by atoms with van der Waals surface area (Å²) in [6, 6.07) is 24.1. The summed E-state index contributed by atoms with van der Waals surface area (Å²) in [7, 11) is 0. The molecule has 1 saturated carbocycles. The third-order valence-corrected chi connectivity index (χ3v) is 7.04. The van der Waals surface area contributed by atoms with Gasteiger partial charge in [-0.3, -0.25) is 9.69 Å². The van der Waals surface area contributed by atoms with Crippen molar-refractivity contribution in [3.05, 3.63) is 95.8 Å². The second-order valence-corrected chi connectivity index (χ2v) is 9.52. The largest absolute Gasteiger partial charge is 0.390 e. The molecule has 3 atom stereocenters. The molecule has 1 heterocycles. The van der Waals surface area contributed by atoms with E-state index >= 15 is 0 Å². The van der Waals surface area contributed by atoms with Crippen LogP contribution in [0.5, 0.6) is 0 Å². The Morgan fingerprint density at radius 2 is 1.59 bits per heavy atom. The molecule has 164 valence electrons. The minimum absolute atomic E-state index is 0.107. The lowest BCUT2D eigenvalue weighted by Gasteiger charge is -2.26. The third kappa shape index (κ3) is 4.52. The number of carbonyl (C=O) groups excluding carboxylic acids is 1. The zero-order valence-electron chi connectivity index (χ0n) is 18.1. The molecule has 2 aliphatic rings. The van der Waals surface area contributed by atoms with Crippen LogP contribution in [0, 0.1) is 17.7 Å². The van der Waals surface area contributed by atoms with Gasteiger partial charge in [0.05, 0.1) is 12.1 Å². The van der Waals surface area contributed by atoms with Gasteiger partial charge in [-0.05, 0) is 53.5 Å². The first-order valence-corrected chi connectivity index (χ1v) is 11.4. The van der Waals surface area contributed by atoms with Crippen LogP contribution in [-0.4, -0.2) is 41.0 Å². The van der Waals surface area contributed by atoms with Crippen molar-refractivity contribution in [3.63, 3.8) is 0 Å². The summed E-state index contributed by atoms with van der Waals surface area (Å²) in [5.74, 6) is 0.743. The number of benzene rings is 3. The Hall–Kier alpha value is -2.82. The molecule has 5 rings (SSSR count). The van der Waals surface area contributed by atoms with Crippen molar-refractivity contribution in [2.24, 2.45) is 11.8 Å². The Bertz CT molecular complexity index is 1080. The summed E-state index contributed by atoms with van der Waals surface area (Å²) < 4.78 is 13.5. The van der Waals surface area contributed by atoms with Gasteiger partial charge in [-0.25, -0.2) is 4.39 Å². The minimum Gasteiger partial charge on any atom is -0.390 e. The average molecular weight is 430 g/mol. The molecule has 1 aliphatic heterocycles. The van der Waals surface area contributed by atoms with Gasteiger partial charge in [0, 0.05) is 25.1 Å². The second-order valence-electron chi connectivity index (χ2n) is 9.52. The van der Waals surface area contributed by atoms with Crippen molar-refractivity contribution in [3.8, 4) is 11.1 Å². The van der Waals surface area contributed by atoms with E-state index in [1.807, 2.05) is 48.5 Å². The van der Waals surface area contributed by atoms with E-state index in [1.165, 1.54) is 17.7 Å². The highest BCUT2D eigenvalue weighted by molar-refractivity contribution is 5.98. The maximum absolute atomic E-state index is 13.5. The molecule has 3 aromatic carbocycles. The molecule has 0 amide bonds. The maximum atomic E-state index is 13.5. The summed E-state index contributed by atoms with van der Waals surface area (Å²) in [5.41, 5.74) is 2.94. The number of nitrogens with zero attached hydrogens (tertiary/aromatic N) is 1. The topological polar surface area (TPSA) is 40.5 Å². The monoisotopic (exact) mass is 429 g/mol. The van der Waals surface area contributed by atoms with Crippen LogP contribution in [0.3, 0.4) is 0 Å². The van der Waals surface area contributed by atoms with E-state index in [1.54, 1.807) is 6.07 Å². The zero-order chi connectivity index (χ0) is 22.1. The maximum Gasteiger partial charge on any atom is 0.176 e. The highest BCUT2D eigenvalue weighted by Gasteiger charge is 2.48. The molecule has 3 nitrogen and oxygen atoms in total. The van der Waals surface area contributed by atoms with E-state index in [9.17, 15) is 14.3 Å². The quantitative estimate of drug-likeness (QED) is 0.561. The van der Waals surface area contributed by atoms with Gasteiger partial charge in [0.2, 0.25) is 0 Å². The highest BCUT2D eigenvalue weighted by atomic mass is 19.1. The van der Waals surface area contributed by atoms with E-state index in [-0.39, 0.29) is 11.6 Å². The Morgan fingerprint density at radius 1 is 0.906 bits per heavy atom. The summed E-state index contributed by atoms with van der Waals surface area (Å²) in [6.07, 6.45) is 2.32. The van der Waals surface area contributed by atoms with E-state index in [2.05, 4.69) is 17.0 Å². The Morgan fingerprint density at radius 3 is 2.25 bits per heavy atom. The van der Waals surface area contributed by atoms with E-state index in [0.29, 0.717) is 30.4 Å². The lowest BCUT2D eigenvalue weighted by molar-refractivity contribution is 0.0355. The van der Waals surface area contributed by atoms with E-state index in [4.69, 9.17) is 0 Å². The Labute approximate surface area is 188 Å². The van der Waals surface area contributed by atoms with Gasteiger partial charge in [0.15, 0.2) is 5.78 Å². The molecular formula is C28H28FNO2. The summed E-state index contributed by atoms with van der Waals surface area (Å²) in [5, 5.41) is 11.1. The Balaban J connectivity index is 1.17. The van der Waals surface area contributed by atoms with Crippen LogP contribution in [0.25, 0.3) is 11.1 Å². The van der Waals surface area contributed by atoms with Gasteiger partial charge in [-0.2, -0.15) is 0 Å². The van der Waals surface area contributed by atoms with Crippen LogP contribution in [-0.2, 0) is 6.42 Å². The Kier molecular flexibility index (Phi) is 5.66. The summed E-state index contributed by atoms with van der Waals surface area (Å²) in [6.45, 7) is 2.15. The smallest absolute Gasteiger partial charge is 0.176 e. The molecule has 2 fully saturated rings. The molecule has 1 aliphatic carbocycles. The van der Waals surface area contributed by atoms with Crippen molar-refractivity contribution < 1.29 is 14.3 Å². The van der Waals surface area contributed by atoms with Gasteiger partial charge < -0.3 is 5.11 Å². The lowest BCUT2D eigenvalue weighted by atomic mass is 9.91. The van der Waals surface area contributed by atoms with Crippen LogP contribution in [0.4, 0.5) is 4.39 Å². The highest BCUT2D eigenvalue weighted by Crippen LogP contribution is 2.45. The number of hydrogen-bond acceptors (Lipinski definition) is 3. The van der Waals surface area contributed by atoms with Crippen molar-refractivity contribution in [1.82, 2.24) is 4.90 Å². The molecule has 0 unspecified atom stereocenters. The number of halogens is 1. The van der Waals surface area contributed by atoms with Crippen LogP contribution in [0.1, 0.15) is 28.8 Å². The van der Waals surface area contributed by atoms with Crippen LogP contribution in [0.15, 0.2) is 78.9 Å². The molecule has 4 heteroatoms. The summed E-state index contributed by atoms with van der Waals surface area (Å²) >= 11 is 0. The fraction of sp³-hybridized carbons (Fsp3) is 0.321. The number of rotatable bonds is 6. The van der Waals surface area contributed by atoms with Gasteiger partial charge in [-0.15, -0.1) is 0 Å². The van der Waals surface area contributed by atoms with Crippen LogP contribution >= 0.6 is 0 Å². The first kappa shape index (κ1) is 21.0. The van der Waals surface area contributed by atoms with Gasteiger partial charge >= 0.3 is 0 Å². The van der Waals surface area contributed by atoms with Crippen molar-refractivity contribution in [2.45, 2.75) is 24.9 Å². The number of Topliss-reactive ketones (excluding diaryl/α,β-unsaturated/α-hetero) is 1. The first-order chi connectivity index (χ1) is 15.5. The van der Waals surface area contributed by atoms with Gasteiger partial charge in [0.25, 0.3) is 0 Å². The second kappa shape index (κ2) is 8.61. The number of ketones is 1. The molecule has 1 saturated heterocycles. The van der Waals surface area contributed by atoms with Crippen molar-refractivity contribution in [1.29, 1.82) is 0 Å². The van der Waals surface area contributed by atoms with E-state index < -0.39 is 5.60 Å². The van der Waals surface area contributed by atoms with Crippen LogP contribution in [0.2, 0.25) is 0 Å². The number of carbonyl (C=O) groups is 1. The lowest BCUT2D eigenvalue weighted by Crippen LogP contribution is -2.34. The van der Waals surface area contributed by atoms with Crippen molar-refractivity contribution >= 4 is 5.78 Å². The van der Waals surface area contributed by atoms with Crippen LogP contribution < -0.4 is 0 Å². The third-order valence-electron chi connectivity index (χ3n) is 7.04. The molecule has 0 bridgehead atoms. The predicted octanol–water partition coefficient (Wildman–Crippen LogP) is 4.99. The molecule has 0 spiro atoms. The number of aliphatic hydroxyl groups is 1. The van der Waals surface area contributed by atoms with Crippen molar-refractivity contribution in [2.75, 3.05) is 19.6 Å². The fourth-order valence-corrected chi connectivity index (χ4v) is 5.62. The molecule has 0 aromatic heterocycles. The standard InChI is InChI=1S/C28H28FNO2/c29-26-8-4-7-23(13-26)21-9-11-22(12-10-21)27(31)19-30-17-24-15-28(32,16-25(24)18-30)14-20-5-2-1-3-6-20/h1-13,24-25,32H,14-19H2/t24-,25+,28+.